The SMILES string of the molecule is [C-]#[N+]/C(=C\c1cc2[n-]c1c(-c1ccccc1)c1nc(c(-c3ccccc3)c3ccc([n-]3)c(-c3ccccc3)c3nc(c2-c2ccccc2)C=C3)C=C1)C(=O)O.[Cu+2]. The molecule has 56 heavy (non-hydrogen) atoms. The van der Waals surface area contributed by atoms with Crippen LogP contribution in [0.3, 0.4) is 0 Å². The number of rotatable bonds is 6. The Morgan fingerprint density at radius 2 is 0.911 bits per heavy atom. The molecule has 0 amide bonds. The molecule has 0 fully saturated rings. The zero-order valence-corrected chi connectivity index (χ0v) is 30.5. The molecule has 7 aromatic rings. The summed E-state index contributed by atoms with van der Waals surface area (Å²) in [6.45, 7) is 7.72. The first-order valence-corrected chi connectivity index (χ1v) is 17.7. The number of hydrogen-bond acceptors (Lipinski definition) is 3. The summed E-state index contributed by atoms with van der Waals surface area (Å²) in [4.78, 5) is 36.8. The normalized spacial score (nSPS) is 11.9. The van der Waals surface area contributed by atoms with E-state index in [2.05, 4.69) is 29.1 Å². The van der Waals surface area contributed by atoms with Crippen molar-refractivity contribution >= 4 is 58.4 Å². The zero-order valence-electron chi connectivity index (χ0n) is 29.6. The number of benzene rings is 4. The molecule has 0 saturated heterocycles. The average Bonchev–Trinajstić information content (AvgIpc) is 4.06. The number of nitrogens with zero attached hydrogens (tertiary/aromatic N) is 5. The van der Waals surface area contributed by atoms with Crippen LogP contribution in [0.15, 0.2) is 145 Å². The Hall–Kier alpha value is -7.30. The van der Waals surface area contributed by atoms with Gasteiger partial charge in [-0.1, -0.05) is 145 Å². The first kappa shape index (κ1) is 35.7. The Balaban J connectivity index is 0.00000441. The van der Waals surface area contributed by atoms with E-state index in [-0.39, 0.29) is 17.1 Å². The molecule has 5 heterocycles. The fraction of sp³-hybridized carbons (Fsp3) is 0. The maximum atomic E-state index is 12.3. The third-order valence-electron chi connectivity index (χ3n) is 9.63. The van der Waals surface area contributed by atoms with Gasteiger partial charge in [-0.05, 0) is 74.9 Å². The summed E-state index contributed by atoms with van der Waals surface area (Å²) >= 11 is 0. The number of carbonyl (C=O) groups is 1. The van der Waals surface area contributed by atoms with E-state index in [4.69, 9.17) is 26.5 Å². The summed E-state index contributed by atoms with van der Waals surface area (Å²) in [5.41, 5.74) is 12.3. The standard InChI is InChI=1S/C48H30N5O2.Cu/c1-49-42(48(54)55)29-34-28-41-45(32-18-10-4-11-19-32)39-25-24-37(51-39)43(30-14-6-2-7-15-30)35-22-23-36(50-35)44(31-16-8-3-9-17-31)38-26-27-40(52-38)46(47(34)53-41)33-20-12-5-13-21-33;/h2-29H,(H2-,50,51,52,53,54,55);/q-1;+2/p-1/b42-29-,43-35?,43-37?,44-36?,44-38?,45-39?,45-41?,46-40?,47-46?;. The molecule has 0 atom stereocenters. The minimum Gasteiger partial charge on any atom is -0.657 e. The fourth-order valence-electron chi connectivity index (χ4n) is 7.19. The topological polar surface area (TPSA) is 95.6 Å². The van der Waals surface area contributed by atoms with Crippen molar-refractivity contribution < 1.29 is 27.0 Å². The van der Waals surface area contributed by atoms with Crippen LogP contribution < -0.4 is 9.97 Å². The molecule has 8 bridgehead atoms. The number of aliphatic carboxylic acids is 1. The van der Waals surface area contributed by atoms with Gasteiger partial charge in [-0.15, -0.1) is 22.1 Å². The van der Waals surface area contributed by atoms with Crippen LogP contribution in [0.2, 0.25) is 0 Å². The minimum absolute atomic E-state index is 0. The van der Waals surface area contributed by atoms with E-state index < -0.39 is 11.7 Å². The van der Waals surface area contributed by atoms with Crippen molar-refractivity contribution in [3.63, 3.8) is 0 Å². The number of hydrogen-bond donors (Lipinski definition) is 1. The molecule has 2 aliphatic heterocycles. The molecule has 3 aromatic heterocycles. The first-order valence-electron chi connectivity index (χ1n) is 17.7. The number of fused-ring (bicyclic) bond motifs is 8. The molecule has 7 nitrogen and oxygen atoms in total. The van der Waals surface area contributed by atoms with E-state index in [1.54, 1.807) is 0 Å². The van der Waals surface area contributed by atoms with E-state index in [0.717, 1.165) is 55.7 Å². The van der Waals surface area contributed by atoms with E-state index >= 15 is 0 Å². The smallest absolute Gasteiger partial charge is 0.657 e. The molecule has 2 aliphatic rings. The first-order chi connectivity index (χ1) is 27.1. The molecule has 0 spiro atoms. The van der Waals surface area contributed by atoms with Gasteiger partial charge in [-0.2, -0.15) is 0 Å². The van der Waals surface area contributed by atoms with Gasteiger partial charge in [-0.25, -0.2) is 14.8 Å². The summed E-state index contributed by atoms with van der Waals surface area (Å²) in [6.07, 6.45) is 9.34. The van der Waals surface area contributed by atoms with E-state index in [9.17, 15) is 9.90 Å². The zero-order chi connectivity index (χ0) is 37.3. The molecule has 9 rings (SSSR count). The Morgan fingerprint density at radius 1 is 0.536 bits per heavy atom. The van der Waals surface area contributed by atoms with Crippen LogP contribution in [0.4, 0.5) is 0 Å². The Labute approximate surface area is 333 Å². The van der Waals surface area contributed by atoms with E-state index in [1.807, 2.05) is 140 Å². The third-order valence-corrected chi connectivity index (χ3v) is 9.63. The van der Waals surface area contributed by atoms with Crippen molar-refractivity contribution in [2.75, 3.05) is 0 Å². The summed E-state index contributed by atoms with van der Waals surface area (Å²) in [7, 11) is 0. The number of carboxylic acid groups (broad SMARTS) is 1. The second-order valence-electron chi connectivity index (χ2n) is 13.0. The van der Waals surface area contributed by atoms with Crippen molar-refractivity contribution in [2.24, 2.45) is 0 Å². The molecular formula is C48H29CuN5O2. The summed E-state index contributed by atoms with van der Waals surface area (Å²) in [6, 6.07) is 45.8. The van der Waals surface area contributed by atoms with Gasteiger partial charge in [0.05, 0.1) is 29.3 Å². The van der Waals surface area contributed by atoms with Crippen molar-refractivity contribution in [1.82, 2.24) is 19.9 Å². The predicted molar refractivity (Wildman–Crippen MR) is 221 cm³/mol. The maximum Gasteiger partial charge on any atom is 2.00 e. The second kappa shape index (κ2) is 15.2. The molecule has 269 valence electrons. The van der Waals surface area contributed by atoms with Crippen molar-refractivity contribution in [2.45, 2.75) is 0 Å². The molecular weight excluding hydrogens is 742 g/mol. The van der Waals surface area contributed by atoms with Crippen LogP contribution in [0.1, 0.15) is 28.3 Å². The van der Waals surface area contributed by atoms with Crippen LogP contribution in [-0.4, -0.2) is 21.0 Å². The van der Waals surface area contributed by atoms with Crippen LogP contribution in [-0.2, 0) is 21.9 Å². The molecule has 0 saturated carbocycles. The summed E-state index contributed by atoms with van der Waals surface area (Å²) in [5.74, 6) is -1.32. The van der Waals surface area contributed by atoms with Gasteiger partial charge in [0.25, 0.3) is 5.70 Å². The van der Waals surface area contributed by atoms with Gasteiger partial charge in [0.15, 0.2) is 0 Å². The van der Waals surface area contributed by atoms with Crippen molar-refractivity contribution in [3.8, 4) is 44.5 Å². The average molecular weight is 771 g/mol. The maximum absolute atomic E-state index is 12.3. The number of carboxylic acids is 1. The van der Waals surface area contributed by atoms with Gasteiger partial charge in [0, 0.05) is 0 Å². The summed E-state index contributed by atoms with van der Waals surface area (Å²) < 4.78 is 0. The molecule has 0 unspecified atom stereocenters. The number of aromatic nitrogens is 4. The largest absolute Gasteiger partial charge is 2.00 e. The van der Waals surface area contributed by atoms with Gasteiger partial charge >= 0.3 is 23.0 Å². The van der Waals surface area contributed by atoms with Gasteiger partial charge in [-0.3, -0.25) is 4.79 Å². The van der Waals surface area contributed by atoms with Crippen molar-refractivity contribution in [3.05, 3.63) is 185 Å². The van der Waals surface area contributed by atoms with Gasteiger partial charge < -0.3 is 15.1 Å². The van der Waals surface area contributed by atoms with Crippen LogP contribution >= 0.6 is 0 Å². The molecule has 4 aromatic carbocycles. The summed E-state index contributed by atoms with van der Waals surface area (Å²) in [5, 5.41) is 10.0. The second-order valence-corrected chi connectivity index (χ2v) is 13.0. The van der Waals surface area contributed by atoms with Crippen LogP contribution in [0, 0.1) is 6.57 Å². The predicted octanol–water partition coefficient (Wildman–Crippen LogP) is 10.9. The van der Waals surface area contributed by atoms with E-state index in [1.165, 1.54) is 6.08 Å². The Bertz CT molecular complexity index is 2940. The Kier molecular flexibility index (Phi) is 9.70. The van der Waals surface area contributed by atoms with Crippen LogP contribution in [0.25, 0.3) is 102 Å². The minimum atomic E-state index is -1.32. The van der Waals surface area contributed by atoms with Gasteiger partial charge in [0.1, 0.15) is 0 Å². The molecule has 1 N–H and O–H groups in total. The fourth-order valence-corrected chi connectivity index (χ4v) is 7.19. The van der Waals surface area contributed by atoms with Crippen molar-refractivity contribution in [1.29, 1.82) is 0 Å². The Morgan fingerprint density at radius 3 is 1.30 bits per heavy atom. The van der Waals surface area contributed by atoms with Gasteiger partial charge in [0.2, 0.25) is 0 Å². The van der Waals surface area contributed by atoms with Crippen LogP contribution in [0.5, 0.6) is 0 Å². The monoisotopic (exact) mass is 770 g/mol. The molecule has 8 heteroatoms. The quantitative estimate of drug-likeness (QED) is 0.103. The van der Waals surface area contributed by atoms with E-state index in [0.29, 0.717) is 39.2 Å². The molecule has 1 radical (unpaired) electrons. The molecule has 0 aliphatic carbocycles. The third kappa shape index (κ3) is 6.59.